The van der Waals surface area contributed by atoms with Crippen LogP contribution in [0.4, 0.5) is 0 Å². The zero-order valence-electron chi connectivity index (χ0n) is 10.6. The summed E-state index contributed by atoms with van der Waals surface area (Å²) in [5.74, 6) is 1.20. The summed E-state index contributed by atoms with van der Waals surface area (Å²) in [6.45, 7) is 0.533. The third-order valence-electron chi connectivity index (χ3n) is 3.00. The highest BCUT2D eigenvalue weighted by Crippen LogP contribution is 2.32. The number of benzene rings is 2. The van der Waals surface area contributed by atoms with Gasteiger partial charge in [0.2, 0.25) is 6.79 Å². The summed E-state index contributed by atoms with van der Waals surface area (Å²) in [5.41, 5.74) is 1.34. The maximum Gasteiger partial charge on any atom is 0.251 e. The van der Waals surface area contributed by atoms with Gasteiger partial charge in [-0.2, -0.15) is 0 Å². The van der Waals surface area contributed by atoms with Crippen LogP contribution in [0.5, 0.6) is 17.2 Å². The van der Waals surface area contributed by atoms with Gasteiger partial charge >= 0.3 is 0 Å². The molecule has 1 aliphatic heterocycles. The first kappa shape index (κ1) is 12.3. The number of phenolic OH excluding ortho intramolecular Hbond substituents is 1. The van der Waals surface area contributed by atoms with E-state index in [0.29, 0.717) is 23.6 Å². The molecule has 20 heavy (non-hydrogen) atoms. The third-order valence-corrected chi connectivity index (χ3v) is 3.00. The summed E-state index contributed by atoms with van der Waals surface area (Å²) < 4.78 is 10.4. The van der Waals surface area contributed by atoms with Gasteiger partial charge in [0, 0.05) is 12.1 Å². The summed E-state index contributed by atoms with van der Waals surface area (Å²) in [7, 11) is 0. The maximum atomic E-state index is 12.0. The van der Waals surface area contributed by atoms with Gasteiger partial charge in [0.05, 0.1) is 0 Å². The molecule has 0 atom stereocenters. The van der Waals surface area contributed by atoms with Crippen LogP contribution >= 0.6 is 0 Å². The van der Waals surface area contributed by atoms with Crippen LogP contribution in [0.25, 0.3) is 0 Å². The van der Waals surface area contributed by atoms with E-state index in [1.807, 2.05) is 6.07 Å². The van der Waals surface area contributed by atoms with Crippen molar-refractivity contribution in [3.05, 3.63) is 53.6 Å². The Bertz CT molecular complexity index is 654. The molecule has 5 nitrogen and oxygen atoms in total. The molecule has 2 aromatic carbocycles. The normalized spacial score (nSPS) is 12.2. The van der Waals surface area contributed by atoms with Gasteiger partial charge in [-0.3, -0.25) is 4.79 Å². The Hall–Kier alpha value is -2.69. The van der Waals surface area contributed by atoms with Crippen molar-refractivity contribution < 1.29 is 19.4 Å². The quantitative estimate of drug-likeness (QED) is 0.896. The van der Waals surface area contributed by atoms with Crippen LogP contribution in [0.1, 0.15) is 15.9 Å². The Balaban J connectivity index is 1.67. The molecule has 0 unspecified atom stereocenters. The molecule has 1 amide bonds. The lowest BCUT2D eigenvalue weighted by Crippen LogP contribution is -2.22. The lowest BCUT2D eigenvalue weighted by Gasteiger charge is -2.06. The van der Waals surface area contributed by atoms with Crippen LogP contribution in [-0.2, 0) is 6.54 Å². The fourth-order valence-electron chi connectivity index (χ4n) is 1.99. The average molecular weight is 271 g/mol. The Morgan fingerprint density at radius 1 is 1.15 bits per heavy atom. The van der Waals surface area contributed by atoms with E-state index in [1.165, 1.54) is 0 Å². The van der Waals surface area contributed by atoms with E-state index in [9.17, 15) is 9.90 Å². The number of nitrogens with one attached hydrogen (secondary N) is 1. The van der Waals surface area contributed by atoms with Crippen molar-refractivity contribution in [3.63, 3.8) is 0 Å². The standard InChI is InChI=1S/C15H13NO4/c17-12-3-1-2-10(6-12)8-16-15(18)11-4-5-13-14(7-11)20-9-19-13/h1-7,17H,8-9H2,(H,16,18). The first-order chi connectivity index (χ1) is 9.72. The van der Waals surface area contributed by atoms with Crippen molar-refractivity contribution in [3.8, 4) is 17.2 Å². The van der Waals surface area contributed by atoms with Gasteiger partial charge in [0.25, 0.3) is 5.91 Å². The minimum absolute atomic E-state index is 0.180. The first-order valence-corrected chi connectivity index (χ1v) is 6.18. The SMILES string of the molecule is O=C(NCc1cccc(O)c1)c1ccc2c(c1)OCO2. The van der Waals surface area contributed by atoms with E-state index in [4.69, 9.17) is 9.47 Å². The molecular formula is C15H13NO4. The predicted octanol–water partition coefficient (Wildman–Crippen LogP) is 2.05. The molecule has 0 spiro atoms. The Kier molecular flexibility index (Phi) is 3.16. The van der Waals surface area contributed by atoms with Crippen LogP contribution < -0.4 is 14.8 Å². The number of phenols is 1. The Morgan fingerprint density at radius 2 is 2.00 bits per heavy atom. The second kappa shape index (κ2) is 5.13. The van der Waals surface area contributed by atoms with Gasteiger partial charge in [0.15, 0.2) is 11.5 Å². The van der Waals surface area contributed by atoms with E-state index in [-0.39, 0.29) is 18.4 Å². The van der Waals surface area contributed by atoms with Crippen LogP contribution in [0.15, 0.2) is 42.5 Å². The lowest BCUT2D eigenvalue weighted by molar-refractivity contribution is 0.0950. The van der Waals surface area contributed by atoms with E-state index in [1.54, 1.807) is 36.4 Å². The third kappa shape index (κ3) is 2.51. The Morgan fingerprint density at radius 3 is 2.85 bits per heavy atom. The summed E-state index contributed by atoms with van der Waals surface area (Å²) in [6, 6.07) is 11.8. The topological polar surface area (TPSA) is 67.8 Å². The highest BCUT2D eigenvalue weighted by Gasteiger charge is 2.15. The number of amides is 1. The van der Waals surface area contributed by atoms with Gasteiger partial charge in [0.1, 0.15) is 5.75 Å². The number of hydrogen-bond donors (Lipinski definition) is 2. The summed E-state index contributed by atoms with van der Waals surface area (Å²) in [4.78, 5) is 12.0. The van der Waals surface area contributed by atoms with Crippen molar-refractivity contribution >= 4 is 5.91 Å². The molecule has 5 heteroatoms. The fourth-order valence-corrected chi connectivity index (χ4v) is 1.99. The highest BCUT2D eigenvalue weighted by molar-refractivity contribution is 5.94. The molecule has 1 aliphatic rings. The number of hydrogen-bond acceptors (Lipinski definition) is 4. The molecule has 0 fully saturated rings. The minimum Gasteiger partial charge on any atom is -0.508 e. The smallest absolute Gasteiger partial charge is 0.251 e. The molecule has 2 N–H and O–H groups in total. The van der Waals surface area contributed by atoms with E-state index < -0.39 is 0 Å². The molecule has 2 aromatic rings. The molecule has 0 bridgehead atoms. The molecular weight excluding hydrogens is 258 g/mol. The van der Waals surface area contributed by atoms with Gasteiger partial charge in [-0.05, 0) is 35.9 Å². The number of aromatic hydroxyl groups is 1. The molecule has 3 rings (SSSR count). The molecule has 0 radical (unpaired) electrons. The first-order valence-electron chi connectivity index (χ1n) is 6.18. The number of carbonyl (C=O) groups is 1. The zero-order chi connectivity index (χ0) is 13.9. The van der Waals surface area contributed by atoms with Gasteiger partial charge in [-0.25, -0.2) is 0 Å². The van der Waals surface area contributed by atoms with Gasteiger partial charge in [-0.1, -0.05) is 12.1 Å². The van der Waals surface area contributed by atoms with E-state index in [2.05, 4.69) is 5.32 Å². The summed E-state index contributed by atoms with van der Waals surface area (Å²) in [6.07, 6.45) is 0. The molecule has 1 heterocycles. The molecule has 102 valence electrons. The van der Waals surface area contributed by atoms with E-state index in [0.717, 1.165) is 5.56 Å². The molecule has 0 saturated heterocycles. The van der Waals surface area contributed by atoms with Crippen molar-refractivity contribution in [1.29, 1.82) is 0 Å². The predicted molar refractivity (Wildman–Crippen MR) is 71.8 cm³/mol. The highest BCUT2D eigenvalue weighted by atomic mass is 16.7. The number of fused-ring (bicyclic) bond motifs is 1. The van der Waals surface area contributed by atoms with Crippen molar-refractivity contribution in [2.24, 2.45) is 0 Å². The zero-order valence-corrected chi connectivity index (χ0v) is 10.6. The van der Waals surface area contributed by atoms with Crippen molar-refractivity contribution in [2.45, 2.75) is 6.54 Å². The molecule has 0 saturated carbocycles. The van der Waals surface area contributed by atoms with E-state index >= 15 is 0 Å². The minimum atomic E-state index is -0.202. The van der Waals surface area contributed by atoms with Crippen LogP contribution in [-0.4, -0.2) is 17.8 Å². The largest absolute Gasteiger partial charge is 0.508 e. The molecule has 0 aromatic heterocycles. The maximum absolute atomic E-state index is 12.0. The molecule has 0 aliphatic carbocycles. The summed E-state index contributed by atoms with van der Waals surface area (Å²) in [5, 5.41) is 12.1. The van der Waals surface area contributed by atoms with Crippen molar-refractivity contribution in [1.82, 2.24) is 5.32 Å². The second-order valence-corrected chi connectivity index (χ2v) is 4.42. The lowest BCUT2D eigenvalue weighted by atomic mass is 10.1. The van der Waals surface area contributed by atoms with Gasteiger partial charge in [-0.15, -0.1) is 0 Å². The second-order valence-electron chi connectivity index (χ2n) is 4.42. The Labute approximate surface area is 115 Å². The average Bonchev–Trinajstić information content (AvgIpc) is 2.92. The van der Waals surface area contributed by atoms with Crippen LogP contribution in [0, 0.1) is 0 Å². The van der Waals surface area contributed by atoms with Gasteiger partial charge < -0.3 is 19.9 Å². The number of ether oxygens (including phenoxy) is 2. The monoisotopic (exact) mass is 271 g/mol. The van der Waals surface area contributed by atoms with Crippen LogP contribution in [0.3, 0.4) is 0 Å². The fraction of sp³-hybridized carbons (Fsp3) is 0.133. The van der Waals surface area contributed by atoms with Crippen molar-refractivity contribution in [2.75, 3.05) is 6.79 Å². The number of carbonyl (C=O) groups excluding carboxylic acids is 1. The number of rotatable bonds is 3. The summed E-state index contributed by atoms with van der Waals surface area (Å²) >= 11 is 0. The van der Waals surface area contributed by atoms with Crippen LogP contribution in [0.2, 0.25) is 0 Å².